The zero-order valence-corrected chi connectivity index (χ0v) is 12.8. The Morgan fingerprint density at radius 2 is 2.10 bits per heavy atom. The van der Waals surface area contributed by atoms with E-state index in [2.05, 4.69) is 0 Å². The monoisotopic (exact) mass is 298 g/mol. The first-order valence-electron chi connectivity index (χ1n) is 6.92. The molecule has 0 aliphatic heterocycles. The third kappa shape index (κ3) is 2.91. The molecule has 0 aromatic heterocycles. The van der Waals surface area contributed by atoms with Crippen LogP contribution in [0.15, 0.2) is 23.1 Å². The number of benzene rings is 1. The van der Waals surface area contributed by atoms with Crippen LogP contribution in [-0.2, 0) is 10.0 Å². The zero-order chi connectivity index (χ0) is 14.8. The summed E-state index contributed by atoms with van der Waals surface area (Å²) in [6.07, 6.45) is 3.42. The lowest BCUT2D eigenvalue weighted by Gasteiger charge is -2.31. The molecular formula is C14H22N2O3S. The molecule has 0 heterocycles. The first kappa shape index (κ1) is 15.1. The first-order chi connectivity index (χ1) is 9.48. The Morgan fingerprint density at radius 1 is 1.40 bits per heavy atom. The average molecular weight is 298 g/mol. The number of ether oxygens (including phenoxy) is 1. The third-order valence-electron chi connectivity index (χ3n) is 3.84. The van der Waals surface area contributed by atoms with Gasteiger partial charge in [-0.2, -0.15) is 4.31 Å². The molecule has 0 atom stereocenters. The van der Waals surface area contributed by atoms with E-state index in [9.17, 15) is 8.42 Å². The van der Waals surface area contributed by atoms with Gasteiger partial charge in [-0.25, -0.2) is 8.42 Å². The number of sulfonamides is 1. The van der Waals surface area contributed by atoms with Gasteiger partial charge in [0.15, 0.2) is 0 Å². The van der Waals surface area contributed by atoms with Gasteiger partial charge >= 0.3 is 0 Å². The number of rotatable bonds is 6. The van der Waals surface area contributed by atoms with Gasteiger partial charge in [0.2, 0.25) is 10.0 Å². The molecule has 0 radical (unpaired) electrons. The molecule has 1 aliphatic rings. The highest BCUT2D eigenvalue weighted by atomic mass is 32.2. The first-order valence-corrected chi connectivity index (χ1v) is 8.36. The Kier molecular flexibility index (Phi) is 4.55. The fraction of sp³-hybridized carbons (Fsp3) is 0.571. The molecule has 0 spiro atoms. The Labute approximate surface area is 120 Å². The van der Waals surface area contributed by atoms with E-state index < -0.39 is 10.0 Å². The van der Waals surface area contributed by atoms with Gasteiger partial charge < -0.3 is 10.5 Å². The number of nitrogens with two attached hydrogens (primary N) is 1. The van der Waals surface area contributed by atoms with E-state index in [-0.39, 0.29) is 4.90 Å². The highest BCUT2D eigenvalue weighted by Gasteiger charge is 2.30. The van der Waals surface area contributed by atoms with Gasteiger partial charge in [0.25, 0.3) is 0 Å². The smallest absolute Gasteiger partial charge is 0.246 e. The number of methoxy groups -OCH3 is 1. The van der Waals surface area contributed by atoms with Gasteiger partial charge in [-0.1, -0.05) is 13.3 Å². The number of hydrogen-bond donors (Lipinski definition) is 1. The lowest BCUT2D eigenvalue weighted by molar-refractivity contribution is 0.249. The Bertz CT molecular complexity index is 568. The van der Waals surface area contributed by atoms with Crippen LogP contribution in [0.3, 0.4) is 0 Å². The van der Waals surface area contributed by atoms with Crippen LogP contribution in [0.1, 0.15) is 26.2 Å². The molecule has 2 N–H and O–H groups in total. The van der Waals surface area contributed by atoms with Crippen LogP contribution in [0.2, 0.25) is 0 Å². The molecule has 20 heavy (non-hydrogen) atoms. The van der Waals surface area contributed by atoms with Crippen molar-refractivity contribution in [1.82, 2.24) is 4.31 Å². The van der Waals surface area contributed by atoms with Gasteiger partial charge in [0.1, 0.15) is 10.6 Å². The van der Waals surface area contributed by atoms with E-state index >= 15 is 0 Å². The fourth-order valence-corrected chi connectivity index (χ4v) is 4.11. The highest BCUT2D eigenvalue weighted by molar-refractivity contribution is 7.89. The minimum Gasteiger partial charge on any atom is -0.495 e. The molecule has 1 aromatic carbocycles. The quantitative estimate of drug-likeness (QED) is 0.816. The molecule has 5 nitrogen and oxygen atoms in total. The molecule has 112 valence electrons. The summed E-state index contributed by atoms with van der Waals surface area (Å²) in [5, 5.41) is 0. The Hall–Kier alpha value is -1.27. The molecule has 1 aromatic rings. The summed E-state index contributed by atoms with van der Waals surface area (Å²) in [6.45, 7) is 2.89. The molecule has 0 amide bonds. The molecule has 1 fully saturated rings. The minimum atomic E-state index is -3.56. The largest absolute Gasteiger partial charge is 0.495 e. The second-order valence-corrected chi connectivity index (χ2v) is 7.07. The summed E-state index contributed by atoms with van der Waals surface area (Å²) in [4.78, 5) is 0.154. The maximum absolute atomic E-state index is 12.8. The van der Waals surface area contributed by atoms with Crippen molar-refractivity contribution in [3.05, 3.63) is 18.2 Å². The summed E-state index contributed by atoms with van der Waals surface area (Å²) < 4.78 is 32.2. The van der Waals surface area contributed by atoms with E-state index in [4.69, 9.17) is 10.5 Å². The van der Waals surface area contributed by atoms with Crippen molar-refractivity contribution < 1.29 is 13.2 Å². The van der Waals surface area contributed by atoms with Crippen molar-refractivity contribution in [3.8, 4) is 5.75 Å². The molecule has 1 saturated carbocycles. The second-order valence-electron chi connectivity index (χ2n) is 5.16. The van der Waals surface area contributed by atoms with Crippen LogP contribution in [0.25, 0.3) is 0 Å². The topological polar surface area (TPSA) is 72.6 Å². The van der Waals surface area contributed by atoms with E-state index in [0.717, 1.165) is 12.8 Å². The highest BCUT2D eigenvalue weighted by Crippen LogP contribution is 2.32. The normalized spacial score (nSPS) is 16.1. The summed E-state index contributed by atoms with van der Waals surface area (Å²) >= 11 is 0. The van der Waals surface area contributed by atoms with E-state index in [1.807, 2.05) is 6.92 Å². The average Bonchev–Trinajstić information content (AvgIpc) is 2.37. The maximum atomic E-state index is 12.8. The number of anilines is 1. The summed E-state index contributed by atoms with van der Waals surface area (Å²) in [5.74, 6) is 0.822. The van der Waals surface area contributed by atoms with Gasteiger partial charge in [0.05, 0.1) is 7.11 Å². The van der Waals surface area contributed by atoms with Crippen molar-refractivity contribution in [3.63, 3.8) is 0 Å². The van der Waals surface area contributed by atoms with Crippen LogP contribution >= 0.6 is 0 Å². The zero-order valence-electron chi connectivity index (χ0n) is 12.0. The molecule has 1 aliphatic carbocycles. The van der Waals surface area contributed by atoms with E-state index in [1.54, 1.807) is 12.1 Å². The number of nitrogen functional groups attached to an aromatic ring is 1. The summed E-state index contributed by atoms with van der Waals surface area (Å²) in [6, 6.07) is 4.71. The number of nitrogens with zero attached hydrogens (tertiary/aromatic N) is 1. The fourth-order valence-electron chi connectivity index (χ4n) is 2.39. The van der Waals surface area contributed by atoms with Crippen LogP contribution in [0, 0.1) is 5.92 Å². The van der Waals surface area contributed by atoms with Crippen LogP contribution in [0.5, 0.6) is 5.75 Å². The molecule has 0 unspecified atom stereocenters. The van der Waals surface area contributed by atoms with Crippen molar-refractivity contribution in [2.75, 3.05) is 25.9 Å². The lowest BCUT2D eigenvalue weighted by atomic mass is 9.85. The molecule has 0 saturated heterocycles. The predicted octanol–water partition coefficient (Wildman–Crippen LogP) is 2.09. The van der Waals surface area contributed by atoms with Crippen LogP contribution in [0.4, 0.5) is 5.69 Å². The van der Waals surface area contributed by atoms with E-state index in [0.29, 0.717) is 30.4 Å². The number of hydrogen-bond acceptors (Lipinski definition) is 4. The third-order valence-corrected chi connectivity index (χ3v) is 5.81. The second kappa shape index (κ2) is 6.01. The van der Waals surface area contributed by atoms with Gasteiger partial charge in [-0.3, -0.25) is 0 Å². The molecular weight excluding hydrogens is 276 g/mol. The Balaban J connectivity index is 2.33. The van der Waals surface area contributed by atoms with Crippen molar-refractivity contribution >= 4 is 15.7 Å². The molecule has 6 heteroatoms. The van der Waals surface area contributed by atoms with Gasteiger partial charge in [-0.05, 0) is 37.0 Å². The van der Waals surface area contributed by atoms with Crippen molar-refractivity contribution in [2.45, 2.75) is 31.1 Å². The summed E-state index contributed by atoms with van der Waals surface area (Å²) in [5.41, 5.74) is 6.14. The van der Waals surface area contributed by atoms with E-state index in [1.165, 1.54) is 23.9 Å². The standard InChI is InChI=1S/C14H22N2O3S/c1-3-16(10-11-5-4-6-11)20(17,18)14-9-12(15)7-8-13(14)19-2/h7-9,11H,3-6,10,15H2,1-2H3. The SMILES string of the molecule is CCN(CC1CCC1)S(=O)(=O)c1cc(N)ccc1OC. The van der Waals surface area contributed by atoms with Gasteiger partial charge in [0, 0.05) is 18.8 Å². The van der Waals surface area contributed by atoms with Crippen LogP contribution < -0.4 is 10.5 Å². The van der Waals surface area contributed by atoms with Gasteiger partial charge in [-0.15, -0.1) is 0 Å². The molecule has 0 bridgehead atoms. The molecule has 2 rings (SSSR count). The Morgan fingerprint density at radius 3 is 2.60 bits per heavy atom. The lowest BCUT2D eigenvalue weighted by Crippen LogP contribution is -2.37. The summed E-state index contributed by atoms with van der Waals surface area (Å²) in [7, 11) is -2.09. The predicted molar refractivity (Wildman–Crippen MR) is 79.2 cm³/mol. The van der Waals surface area contributed by atoms with Crippen LogP contribution in [-0.4, -0.2) is 32.9 Å². The van der Waals surface area contributed by atoms with Crippen molar-refractivity contribution in [1.29, 1.82) is 0 Å². The minimum absolute atomic E-state index is 0.154. The maximum Gasteiger partial charge on any atom is 0.246 e. The van der Waals surface area contributed by atoms with Crippen molar-refractivity contribution in [2.24, 2.45) is 5.92 Å².